The topological polar surface area (TPSA) is 46.3 Å². The lowest BCUT2D eigenvalue weighted by Crippen LogP contribution is -2.61. The molecule has 0 bridgehead atoms. The van der Waals surface area contributed by atoms with Crippen LogP contribution >= 0.6 is 0 Å². The average molecular weight is 333 g/mol. The summed E-state index contributed by atoms with van der Waals surface area (Å²) < 4.78 is 0. The van der Waals surface area contributed by atoms with Crippen molar-refractivity contribution in [1.29, 1.82) is 0 Å². The van der Waals surface area contributed by atoms with Crippen LogP contribution in [0.5, 0.6) is 0 Å². The largest absolute Gasteiger partial charge is 0.342 e. The van der Waals surface area contributed by atoms with Crippen LogP contribution in [-0.2, 0) is 4.79 Å². The lowest BCUT2D eigenvalue weighted by atomic mass is 9.46. The fourth-order valence-electron chi connectivity index (χ4n) is 8.05. The van der Waals surface area contributed by atoms with Crippen LogP contribution < -0.4 is 5.73 Å². The van der Waals surface area contributed by atoms with Crippen molar-refractivity contribution in [2.75, 3.05) is 7.05 Å². The molecule has 1 aliphatic heterocycles. The van der Waals surface area contributed by atoms with Crippen LogP contribution in [0.3, 0.4) is 0 Å². The molecule has 4 aliphatic rings. The number of hydrogen-bond donors (Lipinski definition) is 1. The summed E-state index contributed by atoms with van der Waals surface area (Å²) in [6, 6.07) is 0.817. The molecule has 4 rings (SSSR count). The molecule has 8 atom stereocenters. The second kappa shape index (κ2) is 5.46. The first-order valence-electron chi connectivity index (χ1n) is 10.3. The first-order valence-corrected chi connectivity index (χ1v) is 10.3. The Kier molecular flexibility index (Phi) is 3.84. The number of fused-ring (bicyclic) bond motifs is 5. The zero-order valence-electron chi connectivity index (χ0n) is 16.1. The van der Waals surface area contributed by atoms with Crippen LogP contribution in [0.4, 0.5) is 0 Å². The average Bonchev–Trinajstić information content (AvgIpc) is 2.89. The Bertz CT molecular complexity index is 532. The number of hydrogen-bond acceptors (Lipinski definition) is 2. The predicted octanol–water partition coefficient (Wildman–Crippen LogP) is 3.81. The quantitative estimate of drug-likeness (QED) is 0.793. The van der Waals surface area contributed by atoms with Crippen LogP contribution in [0.25, 0.3) is 0 Å². The lowest BCUT2D eigenvalue weighted by molar-refractivity contribution is -0.158. The molecule has 4 fully saturated rings. The predicted molar refractivity (Wildman–Crippen MR) is 97.3 cm³/mol. The monoisotopic (exact) mass is 332 g/mol. The Morgan fingerprint density at radius 3 is 2.46 bits per heavy atom. The Hall–Kier alpha value is -0.570. The molecule has 136 valence electrons. The van der Waals surface area contributed by atoms with Crippen molar-refractivity contribution in [2.45, 2.75) is 84.2 Å². The van der Waals surface area contributed by atoms with Gasteiger partial charge < -0.3 is 10.6 Å². The smallest absolute Gasteiger partial charge is 0.222 e. The van der Waals surface area contributed by atoms with Crippen molar-refractivity contribution in [3.8, 4) is 0 Å². The standard InChI is InChI=1S/C21H36N2O/c1-13(22)15-6-7-16-14-5-8-18-21(3,12-10-19(24)23(18)4)17(14)9-11-20(15,16)2/h13-18H,5-12,22H2,1-4H3/t13?,14-,15+,16-,17-,18?,20+,21+/m0/s1. The molecule has 2 N–H and O–H groups in total. The molecule has 1 amide bonds. The highest BCUT2D eigenvalue weighted by atomic mass is 16.2. The van der Waals surface area contributed by atoms with E-state index in [4.69, 9.17) is 5.73 Å². The zero-order chi connectivity index (χ0) is 17.3. The first-order chi connectivity index (χ1) is 11.3. The number of carbonyl (C=O) groups excluding carboxylic acids is 1. The lowest BCUT2D eigenvalue weighted by Gasteiger charge is -2.62. The van der Waals surface area contributed by atoms with E-state index >= 15 is 0 Å². The number of rotatable bonds is 1. The summed E-state index contributed by atoms with van der Waals surface area (Å²) in [5.74, 6) is 3.64. The van der Waals surface area contributed by atoms with Crippen molar-refractivity contribution in [3.05, 3.63) is 0 Å². The number of nitrogens with two attached hydrogens (primary N) is 1. The molecule has 0 aromatic rings. The Morgan fingerprint density at radius 1 is 1.04 bits per heavy atom. The van der Waals surface area contributed by atoms with E-state index < -0.39 is 0 Å². The molecule has 3 saturated carbocycles. The summed E-state index contributed by atoms with van der Waals surface area (Å²) in [4.78, 5) is 14.3. The van der Waals surface area contributed by atoms with Gasteiger partial charge in [-0.05, 0) is 86.4 Å². The van der Waals surface area contributed by atoms with E-state index in [1.165, 1.54) is 38.5 Å². The fraction of sp³-hybridized carbons (Fsp3) is 0.952. The minimum Gasteiger partial charge on any atom is -0.342 e. The van der Waals surface area contributed by atoms with Gasteiger partial charge in [0.15, 0.2) is 0 Å². The van der Waals surface area contributed by atoms with E-state index in [1.807, 2.05) is 0 Å². The van der Waals surface area contributed by atoms with Crippen LogP contribution in [0.2, 0.25) is 0 Å². The molecule has 3 nitrogen and oxygen atoms in total. The second-order valence-corrected chi connectivity index (χ2v) is 10.1. The first kappa shape index (κ1) is 16.9. The number of carbonyl (C=O) groups is 1. The van der Waals surface area contributed by atoms with Crippen molar-refractivity contribution >= 4 is 5.91 Å². The van der Waals surface area contributed by atoms with Gasteiger partial charge in [-0.3, -0.25) is 4.79 Å². The summed E-state index contributed by atoms with van der Waals surface area (Å²) in [5, 5.41) is 0. The van der Waals surface area contributed by atoms with E-state index in [0.29, 0.717) is 34.7 Å². The Balaban J connectivity index is 1.63. The maximum Gasteiger partial charge on any atom is 0.222 e. The normalized spacial score (nSPS) is 52.5. The molecule has 3 aliphatic carbocycles. The van der Waals surface area contributed by atoms with Crippen molar-refractivity contribution in [1.82, 2.24) is 4.90 Å². The molecule has 24 heavy (non-hydrogen) atoms. The third-order valence-electron chi connectivity index (χ3n) is 9.27. The van der Waals surface area contributed by atoms with Crippen LogP contribution in [-0.4, -0.2) is 29.9 Å². The highest BCUT2D eigenvalue weighted by Gasteiger charge is 2.61. The summed E-state index contributed by atoms with van der Waals surface area (Å²) in [6.07, 6.45) is 9.85. The summed E-state index contributed by atoms with van der Waals surface area (Å²) in [7, 11) is 2.05. The number of nitrogens with zero attached hydrogens (tertiary/aromatic N) is 1. The molecule has 0 radical (unpaired) electrons. The van der Waals surface area contributed by atoms with Crippen molar-refractivity contribution in [3.63, 3.8) is 0 Å². The van der Waals surface area contributed by atoms with E-state index in [1.54, 1.807) is 0 Å². The maximum atomic E-state index is 12.2. The van der Waals surface area contributed by atoms with Gasteiger partial charge in [-0.25, -0.2) is 0 Å². The van der Waals surface area contributed by atoms with Gasteiger partial charge in [0.1, 0.15) is 0 Å². The van der Waals surface area contributed by atoms with E-state index in [9.17, 15) is 4.79 Å². The molecule has 1 saturated heterocycles. The molecule has 2 unspecified atom stereocenters. The molecule has 1 heterocycles. The van der Waals surface area contributed by atoms with Crippen molar-refractivity contribution < 1.29 is 4.79 Å². The highest BCUT2D eigenvalue weighted by molar-refractivity contribution is 5.77. The van der Waals surface area contributed by atoms with Gasteiger partial charge in [-0.15, -0.1) is 0 Å². The van der Waals surface area contributed by atoms with Gasteiger partial charge in [-0.1, -0.05) is 13.8 Å². The molecule has 0 aromatic carbocycles. The number of amides is 1. The Morgan fingerprint density at radius 2 is 1.75 bits per heavy atom. The Labute approximate surface area is 147 Å². The van der Waals surface area contributed by atoms with Gasteiger partial charge in [0, 0.05) is 25.6 Å². The molecule has 0 spiro atoms. The van der Waals surface area contributed by atoms with Gasteiger partial charge >= 0.3 is 0 Å². The van der Waals surface area contributed by atoms with Crippen LogP contribution in [0.15, 0.2) is 0 Å². The maximum absolute atomic E-state index is 12.2. The summed E-state index contributed by atoms with van der Waals surface area (Å²) >= 11 is 0. The molecular formula is C21H36N2O. The van der Waals surface area contributed by atoms with Crippen LogP contribution in [0, 0.1) is 34.5 Å². The van der Waals surface area contributed by atoms with Gasteiger partial charge in [0.2, 0.25) is 5.91 Å². The molecule has 0 aromatic heterocycles. The van der Waals surface area contributed by atoms with Crippen molar-refractivity contribution in [2.24, 2.45) is 40.2 Å². The van der Waals surface area contributed by atoms with E-state index in [2.05, 4.69) is 32.7 Å². The molecule has 3 heteroatoms. The summed E-state index contributed by atoms with van der Waals surface area (Å²) in [5.41, 5.74) is 7.19. The van der Waals surface area contributed by atoms with Crippen LogP contribution in [0.1, 0.15) is 72.1 Å². The third-order valence-corrected chi connectivity index (χ3v) is 9.27. The number of likely N-dealkylation sites (tertiary alicyclic amines) is 1. The SMILES string of the molecule is CC(N)[C@H]1CC[C@H]2[C@@H]3CCC4N(C)C(=O)CC[C@]4(C)[C@H]3CC[C@]12C. The minimum absolute atomic E-state index is 0.335. The summed E-state index contributed by atoms with van der Waals surface area (Å²) in [6.45, 7) is 7.29. The van der Waals surface area contributed by atoms with E-state index in [-0.39, 0.29) is 0 Å². The zero-order valence-corrected chi connectivity index (χ0v) is 16.1. The number of piperidine rings is 1. The molecular weight excluding hydrogens is 296 g/mol. The van der Waals surface area contributed by atoms with Gasteiger partial charge in [0.05, 0.1) is 0 Å². The second-order valence-electron chi connectivity index (χ2n) is 10.1. The van der Waals surface area contributed by atoms with Gasteiger partial charge in [0.25, 0.3) is 0 Å². The third kappa shape index (κ3) is 2.09. The fourth-order valence-corrected chi connectivity index (χ4v) is 8.05. The van der Waals surface area contributed by atoms with Gasteiger partial charge in [-0.2, -0.15) is 0 Å². The highest BCUT2D eigenvalue weighted by Crippen LogP contribution is 2.66. The minimum atomic E-state index is 0.335. The van der Waals surface area contributed by atoms with E-state index in [0.717, 1.165) is 30.6 Å².